The predicted molar refractivity (Wildman–Crippen MR) is 63.5 cm³/mol. The monoisotopic (exact) mass is 254 g/mol. The van der Waals surface area contributed by atoms with Crippen molar-refractivity contribution in [3.63, 3.8) is 0 Å². The van der Waals surface area contributed by atoms with E-state index in [-0.39, 0.29) is 0 Å². The average Bonchev–Trinajstić information content (AvgIpc) is 2.67. The fourth-order valence-corrected chi connectivity index (χ4v) is 2.18. The van der Waals surface area contributed by atoms with E-state index >= 15 is 0 Å². The first kappa shape index (κ1) is 9.99. The highest BCUT2D eigenvalue weighted by Crippen LogP contribution is 2.24. The molecule has 3 heteroatoms. The van der Waals surface area contributed by atoms with Gasteiger partial charge in [0, 0.05) is 23.2 Å². The van der Waals surface area contributed by atoms with Crippen LogP contribution in [0.15, 0.2) is 28.7 Å². The van der Waals surface area contributed by atoms with Gasteiger partial charge in [0.2, 0.25) is 0 Å². The van der Waals surface area contributed by atoms with E-state index in [2.05, 4.69) is 45.1 Å². The summed E-state index contributed by atoms with van der Waals surface area (Å²) in [5.74, 6) is 0.679. The second kappa shape index (κ2) is 4.32. The lowest BCUT2D eigenvalue weighted by Crippen LogP contribution is -2.22. The standard InChI is InChI=1S/C11H15BrN2/c12-10-1-3-11(4-2-10)14-6-5-9(7-13)8-14/h1-4,9H,5-8,13H2. The average molecular weight is 255 g/mol. The summed E-state index contributed by atoms with van der Waals surface area (Å²) in [5, 5.41) is 0. The Balaban J connectivity index is 2.06. The van der Waals surface area contributed by atoms with E-state index in [4.69, 9.17) is 5.73 Å². The lowest BCUT2D eigenvalue weighted by Gasteiger charge is -2.18. The van der Waals surface area contributed by atoms with Gasteiger partial charge in [0.15, 0.2) is 0 Å². The first-order chi connectivity index (χ1) is 6.79. The van der Waals surface area contributed by atoms with Crippen LogP contribution in [0.1, 0.15) is 6.42 Å². The molecule has 1 fully saturated rings. The van der Waals surface area contributed by atoms with E-state index in [0.29, 0.717) is 5.92 Å². The van der Waals surface area contributed by atoms with Crippen LogP contribution in [0.5, 0.6) is 0 Å². The lowest BCUT2D eigenvalue weighted by molar-refractivity contribution is 0.602. The Morgan fingerprint density at radius 2 is 2.07 bits per heavy atom. The van der Waals surface area contributed by atoms with Crippen molar-refractivity contribution in [3.05, 3.63) is 28.7 Å². The normalized spacial score (nSPS) is 21.6. The van der Waals surface area contributed by atoms with Gasteiger partial charge in [-0.1, -0.05) is 15.9 Å². The van der Waals surface area contributed by atoms with Crippen LogP contribution in [0.4, 0.5) is 5.69 Å². The molecule has 1 aromatic rings. The van der Waals surface area contributed by atoms with E-state index in [0.717, 1.165) is 24.1 Å². The summed E-state index contributed by atoms with van der Waals surface area (Å²) in [6.07, 6.45) is 1.23. The van der Waals surface area contributed by atoms with Gasteiger partial charge in [-0.25, -0.2) is 0 Å². The molecule has 0 bridgehead atoms. The summed E-state index contributed by atoms with van der Waals surface area (Å²) in [7, 11) is 0. The third-order valence-corrected chi connectivity index (χ3v) is 3.34. The summed E-state index contributed by atoms with van der Waals surface area (Å²) < 4.78 is 1.14. The zero-order valence-electron chi connectivity index (χ0n) is 8.12. The molecule has 0 radical (unpaired) electrons. The van der Waals surface area contributed by atoms with Gasteiger partial charge in [0.05, 0.1) is 0 Å². The zero-order valence-corrected chi connectivity index (χ0v) is 9.70. The van der Waals surface area contributed by atoms with Gasteiger partial charge in [0.1, 0.15) is 0 Å². The van der Waals surface area contributed by atoms with Gasteiger partial charge in [-0.15, -0.1) is 0 Å². The molecule has 1 aliphatic rings. The summed E-state index contributed by atoms with van der Waals surface area (Å²) in [5.41, 5.74) is 6.97. The molecule has 76 valence electrons. The summed E-state index contributed by atoms with van der Waals surface area (Å²) in [6.45, 7) is 3.06. The van der Waals surface area contributed by atoms with Gasteiger partial charge >= 0.3 is 0 Å². The number of rotatable bonds is 2. The quantitative estimate of drug-likeness (QED) is 0.878. The number of halogens is 1. The van der Waals surface area contributed by atoms with Crippen molar-refractivity contribution in [2.45, 2.75) is 6.42 Å². The molecular formula is C11H15BrN2. The SMILES string of the molecule is NCC1CCN(c2ccc(Br)cc2)C1. The molecule has 0 aliphatic carbocycles. The van der Waals surface area contributed by atoms with Crippen LogP contribution in [-0.4, -0.2) is 19.6 Å². The number of anilines is 1. The largest absolute Gasteiger partial charge is 0.371 e. The van der Waals surface area contributed by atoms with Crippen LogP contribution in [0.25, 0.3) is 0 Å². The summed E-state index contributed by atoms with van der Waals surface area (Å²) >= 11 is 3.44. The highest BCUT2D eigenvalue weighted by atomic mass is 79.9. The third kappa shape index (κ3) is 2.10. The van der Waals surface area contributed by atoms with E-state index in [9.17, 15) is 0 Å². The van der Waals surface area contributed by atoms with Crippen molar-refractivity contribution in [1.29, 1.82) is 0 Å². The number of benzene rings is 1. The Kier molecular flexibility index (Phi) is 3.08. The van der Waals surface area contributed by atoms with Crippen LogP contribution in [-0.2, 0) is 0 Å². The third-order valence-electron chi connectivity index (χ3n) is 2.81. The minimum Gasteiger partial charge on any atom is -0.371 e. The van der Waals surface area contributed by atoms with Crippen molar-refractivity contribution in [2.24, 2.45) is 11.7 Å². The maximum atomic E-state index is 5.66. The lowest BCUT2D eigenvalue weighted by atomic mass is 10.1. The van der Waals surface area contributed by atoms with Crippen LogP contribution in [0.2, 0.25) is 0 Å². The smallest absolute Gasteiger partial charge is 0.0367 e. The van der Waals surface area contributed by atoms with Gasteiger partial charge in [-0.3, -0.25) is 0 Å². The van der Waals surface area contributed by atoms with Crippen molar-refractivity contribution in [2.75, 3.05) is 24.5 Å². The Bertz CT molecular complexity index is 297. The van der Waals surface area contributed by atoms with E-state index < -0.39 is 0 Å². The van der Waals surface area contributed by atoms with Crippen LogP contribution in [0.3, 0.4) is 0 Å². The molecular weight excluding hydrogens is 240 g/mol. The molecule has 2 nitrogen and oxygen atoms in total. The molecule has 1 atom stereocenters. The van der Waals surface area contributed by atoms with Crippen LogP contribution >= 0.6 is 15.9 Å². The van der Waals surface area contributed by atoms with Crippen LogP contribution in [0, 0.1) is 5.92 Å². The Hall–Kier alpha value is -0.540. The summed E-state index contributed by atoms with van der Waals surface area (Å²) in [6, 6.07) is 8.49. The molecule has 0 amide bonds. The van der Waals surface area contributed by atoms with Crippen molar-refractivity contribution in [1.82, 2.24) is 0 Å². The molecule has 0 aromatic heterocycles. The van der Waals surface area contributed by atoms with Crippen molar-refractivity contribution < 1.29 is 0 Å². The molecule has 2 N–H and O–H groups in total. The second-order valence-corrected chi connectivity index (χ2v) is 4.73. The number of nitrogens with zero attached hydrogens (tertiary/aromatic N) is 1. The molecule has 1 saturated heterocycles. The zero-order chi connectivity index (χ0) is 9.97. The maximum absolute atomic E-state index is 5.66. The van der Waals surface area contributed by atoms with Crippen molar-refractivity contribution >= 4 is 21.6 Å². The Morgan fingerprint density at radius 1 is 1.36 bits per heavy atom. The highest BCUT2D eigenvalue weighted by molar-refractivity contribution is 9.10. The number of hydrogen-bond acceptors (Lipinski definition) is 2. The second-order valence-electron chi connectivity index (χ2n) is 3.81. The Morgan fingerprint density at radius 3 is 2.64 bits per heavy atom. The minimum absolute atomic E-state index is 0.679. The predicted octanol–water partition coefficient (Wildman–Crippen LogP) is 2.23. The first-order valence-corrected chi connectivity index (χ1v) is 5.79. The van der Waals surface area contributed by atoms with Crippen molar-refractivity contribution in [3.8, 4) is 0 Å². The van der Waals surface area contributed by atoms with E-state index in [1.807, 2.05) is 0 Å². The molecule has 1 heterocycles. The fraction of sp³-hybridized carbons (Fsp3) is 0.455. The topological polar surface area (TPSA) is 29.3 Å². The van der Waals surface area contributed by atoms with Gasteiger partial charge in [0.25, 0.3) is 0 Å². The number of nitrogens with two attached hydrogens (primary N) is 1. The summed E-state index contributed by atoms with van der Waals surface area (Å²) in [4.78, 5) is 2.41. The molecule has 14 heavy (non-hydrogen) atoms. The van der Waals surface area contributed by atoms with Gasteiger partial charge < -0.3 is 10.6 Å². The molecule has 0 saturated carbocycles. The maximum Gasteiger partial charge on any atom is 0.0367 e. The molecule has 1 unspecified atom stereocenters. The minimum atomic E-state index is 0.679. The Labute approximate surface area is 93.2 Å². The van der Waals surface area contributed by atoms with E-state index in [1.54, 1.807) is 0 Å². The van der Waals surface area contributed by atoms with E-state index in [1.165, 1.54) is 12.1 Å². The fourth-order valence-electron chi connectivity index (χ4n) is 1.91. The molecule has 1 aliphatic heterocycles. The first-order valence-electron chi connectivity index (χ1n) is 5.00. The number of hydrogen-bond donors (Lipinski definition) is 1. The highest BCUT2D eigenvalue weighted by Gasteiger charge is 2.20. The molecule has 0 spiro atoms. The molecule has 1 aromatic carbocycles. The van der Waals surface area contributed by atoms with Gasteiger partial charge in [-0.2, -0.15) is 0 Å². The van der Waals surface area contributed by atoms with Gasteiger partial charge in [-0.05, 0) is 43.1 Å². The van der Waals surface area contributed by atoms with Crippen LogP contribution < -0.4 is 10.6 Å². The molecule has 2 rings (SSSR count).